The van der Waals surface area contributed by atoms with E-state index in [1.807, 2.05) is 13.8 Å². The molecule has 0 spiro atoms. The molecule has 1 heterocycles. The second kappa shape index (κ2) is 7.67. The molecule has 1 aromatic rings. The van der Waals surface area contributed by atoms with Crippen molar-refractivity contribution < 1.29 is 9.90 Å². The third-order valence-electron chi connectivity index (χ3n) is 6.09. The molecule has 144 valence electrons. The molecule has 0 atom stereocenters. The van der Waals surface area contributed by atoms with E-state index in [2.05, 4.69) is 46.3 Å². The number of aliphatic hydroxyl groups is 1. The fourth-order valence-corrected chi connectivity index (χ4v) is 4.15. The molecule has 1 aliphatic heterocycles. The Morgan fingerprint density at radius 2 is 1.73 bits per heavy atom. The van der Waals surface area contributed by atoms with Crippen LogP contribution in [0.3, 0.4) is 0 Å². The van der Waals surface area contributed by atoms with E-state index in [1.165, 1.54) is 11.1 Å². The predicted molar refractivity (Wildman–Crippen MR) is 104 cm³/mol. The molecule has 1 fully saturated rings. The van der Waals surface area contributed by atoms with Gasteiger partial charge in [-0.15, -0.1) is 0 Å². The van der Waals surface area contributed by atoms with E-state index in [4.69, 9.17) is 0 Å². The minimum Gasteiger partial charge on any atom is -0.396 e. The summed E-state index contributed by atoms with van der Waals surface area (Å²) in [6, 6.07) is 8.45. The number of carbonyl (C=O) groups is 1. The fraction of sp³-hybridized carbons (Fsp3) is 0.667. The van der Waals surface area contributed by atoms with Gasteiger partial charge in [0.2, 0.25) is 5.91 Å². The lowest BCUT2D eigenvalue weighted by atomic mass is 9.89. The minimum absolute atomic E-state index is 0.0652. The van der Waals surface area contributed by atoms with Gasteiger partial charge in [0.15, 0.2) is 0 Å². The number of hydrogen-bond donors (Lipinski definition) is 2. The lowest BCUT2D eigenvalue weighted by Gasteiger charge is -2.45. The highest BCUT2D eigenvalue weighted by Crippen LogP contribution is 2.36. The first-order valence-electron chi connectivity index (χ1n) is 9.83. The third-order valence-corrected chi connectivity index (χ3v) is 6.09. The lowest BCUT2D eigenvalue weighted by Crippen LogP contribution is -2.64. The maximum Gasteiger partial charge on any atom is 0.241 e. The van der Waals surface area contributed by atoms with Gasteiger partial charge in [-0.3, -0.25) is 9.69 Å². The standard InChI is InChI=1S/C21H33N3O2/c1-4-23-9-11-24(12-10-23)21(19(26)22-15-20(2,3)16-25)13-17-7-5-6-8-18(17)14-21/h5-8,25H,4,9-16H2,1-3H3,(H,22,26). The molecule has 1 aliphatic carbocycles. The number of hydrogen-bond acceptors (Lipinski definition) is 4. The highest BCUT2D eigenvalue weighted by atomic mass is 16.3. The highest BCUT2D eigenvalue weighted by molar-refractivity contribution is 5.88. The molecule has 5 heteroatoms. The SMILES string of the molecule is CCN1CCN(C2(C(=O)NCC(C)(C)CO)Cc3ccccc3C2)CC1. The molecule has 26 heavy (non-hydrogen) atoms. The van der Waals surface area contributed by atoms with E-state index >= 15 is 0 Å². The van der Waals surface area contributed by atoms with Crippen molar-refractivity contribution in [3.8, 4) is 0 Å². The lowest BCUT2D eigenvalue weighted by molar-refractivity contribution is -0.135. The number of rotatable bonds is 6. The Morgan fingerprint density at radius 3 is 2.23 bits per heavy atom. The summed E-state index contributed by atoms with van der Waals surface area (Å²) in [6.07, 6.45) is 1.56. The topological polar surface area (TPSA) is 55.8 Å². The first-order chi connectivity index (χ1) is 12.4. The normalized spacial score (nSPS) is 20.8. The first kappa shape index (κ1) is 19.3. The van der Waals surface area contributed by atoms with Gasteiger partial charge in [-0.1, -0.05) is 45.0 Å². The van der Waals surface area contributed by atoms with Crippen LogP contribution in [0, 0.1) is 5.41 Å². The van der Waals surface area contributed by atoms with Crippen LogP contribution in [0.15, 0.2) is 24.3 Å². The molecule has 1 amide bonds. The maximum atomic E-state index is 13.4. The van der Waals surface area contributed by atoms with E-state index in [0.29, 0.717) is 6.54 Å². The number of nitrogens with one attached hydrogen (secondary N) is 1. The van der Waals surface area contributed by atoms with Gasteiger partial charge in [0.05, 0.1) is 0 Å². The second-order valence-corrected chi connectivity index (χ2v) is 8.58. The van der Waals surface area contributed by atoms with E-state index in [1.54, 1.807) is 0 Å². The van der Waals surface area contributed by atoms with Crippen molar-refractivity contribution in [3.63, 3.8) is 0 Å². The van der Waals surface area contributed by atoms with Crippen molar-refractivity contribution in [3.05, 3.63) is 35.4 Å². The quantitative estimate of drug-likeness (QED) is 0.804. The number of piperazine rings is 1. The molecule has 0 unspecified atom stereocenters. The van der Waals surface area contributed by atoms with Crippen molar-refractivity contribution >= 4 is 5.91 Å². The number of carbonyl (C=O) groups excluding carboxylic acids is 1. The van der Waals surface area contributed by atoms with Gasteiger partial charge in [0.25, 0.3) is 0 Å². The second-order valence-electron chi connectivity index (χ2n) is 8.58. The zero-order valence-electron chi connectivity index (χ0n) is 16.4. The molecule has 0 aromatic heterocycles. The van der Waals surface area contributed by atoms with Crippen LogP contribution in [0.5, 0.6) is 0 Å². The van der Waals surface area contributed by atoms with Gasteiger partial charge in [-0.2, -0.15) is 0 Å². The van der Waals surface area contributed by atoms with Gasteiger partial charge < -0.3 is 15.3 Å². The summed E-state index contributed by atoms with van der Waals surface area (Å²) in [5, 5.41) is 12.7. The number of amides is 1. The number of nitrogens with zero attached hydrogens (tertiary/aromatic N) is 2. The average molecular weight is 360 g/mol. The van der Waals surface area contributed by atoms with Gasteiger partial charge >= 0.3 is 0 Å². The van der Waals surface area contributed by atoms with Crippen LogP contribution >= 0.6 is 0 Å². The van der Waals surface area contributed by atoms with Crippen LogP contribution in [-0.4, -0.2) is 72.2 Å². The van der Waals surface area contributed by atoms with Crippen LogP contribution in [0.1, 0.15) is 31.9 Å². The monoisotopic (exact) mass is 359 g/mol. The minimum atomic E-state index is -0.491. The molecule has 1 saturated heterocycles. The van der Waals surface area contributed by atoms with E-state index in [0.717, 1.165) is 45.6 Å². The molecule has 0 bridgehead atoms. The summed E-state index contributed by atoms with van der Waals surface area (Å²) >= 11 is 0. The number of likely N-dealkylation sites (N-methyl/N-ethyl adjacent to an activating group) is 1. The van der Waals surface area contributed by atoms with Crippen LogP contribution in [-0.2, 0) is 17.6 Å². The van der Waals surface area contributed by atoms with Crippen molar-refractivity contribution in [2.24, 2.45) is 5.41 Å². The summed E-state index contributed by atoms with van der Waals surface area (Å²) in [4.78, 5) is 18.2. The molecule has 2 aliphatic rings. The first-order valence-corrected chi connectivity index (χ1v) is 9.83. The smallest absolute Gasteiger partial charge is 0.241 e. The van der Waals surface area contributed by atoms with Crippen molar-refractivity contribution in [2.45, 2.75) is 39.2 Å². The largest absolute Gasteiger partial charge is 0.396 e. The molecule has 2 N–H and O–H groups in total. The van der Waals surface area contributed by atoms with Crippen LogP contribution in [0.25, 0.3) is 0 Å². The Bertz CT molecular complexity index is 611. The van der Waals surface area contributed by atoms with Crippen molar-refractivity contribution in [1.82, 2.24) is 15.1 Å². The van der Waals surface area contributed by atoms with Gasteiger partial charge in [-0.05, 0) is 17.7 Å². The van der Waals surface area contributed by atoms with Crippen LogP contribution in [0.2, 0.25) is 0 Å². The molecule has 5 nitrogen and oxygen atoms in total. The highest BCUT2D eigenvalue weighted by Gasteiger charge is 2.49. The Hall–Kier alpha value is -1.43. The summed E-state index contributed by atoms with van der Waals surface area (Å²) in [5.41, 5.74) is 1.79. The molecule has 0 saturated carbocycles. The van der Waals surface area contributed by atoms with Crippen molar-refractivity contribution in [2.75, 3.05) is 45.9 Å². The zero-order valence-corrected chi connectivity index (χ0v) is 16.4. The average Bonchev–Trinajstić information content (AvgIpc) is 3.07. The van der Waals surface area contributed by atoms with E-state index in [-0.39, 0.29) is 17.9 Å². The Labute approximate surface area is 157 Å². The Balaban J connectivity index is 1.80. The number of benzene rings is 1. The molecular weight excluding hydrogens is 326 g/mol. The third kappa shape index (κ3) is 3.80. The van der Waals surface area contributed by atoms with Gasteiger partial charge in [0, 0.05) is 57.6 Å². The van der Waals surface area contributed by atoms with Gasteiger partial charge in [0.1, 0.15) is 5.54 Å². The summed E-state index contributed by atoms with van der Waals surface area (Å²) in [6.45, 7) is 11.7. The molecular formula is C21H33N3O2. The van der Waals surface area contributed by atoms with Crippen LogP contribution < -0.4 is 5.32 Å². The predicted octanol–water partition coefficient (Wildman–Crippen LogP) is 1.30. The fourth-order valence-electron chi connectivity index (χ4n) is 4.15. The number of fused-ring (bicyclic) bond motifs is 1. The van der Waals surface area contributed by atoms with Crippen molar-refractivity contribution in [1.29, 1.82) is 0 Å². The summed E-state index contributed by atoms with van der Waals surface area (Å²) < 4.78 is 0. The van der Waals surface area contributed by atoms with Gasteiger partial charge in [-0.25, -0.2) is 0 Å². The van der Waals surface area contributed by atoms with E-state index < -0.39 is 5.54 Å². The van der Waals surface area contributed by atoms with E-state index in [9.17, 15) is 9.90 Å². The van der Waals surface area contributed by atoms with Crippen LogP contribution in [0.4, 0.5) is 0 Å². The summed E-state index contributed by atoms with van der Waals surface area (Å²) in [5.74, 6) is 0.111. The molecule has 3 rings (SSSR count). The Morgan fingerprint density at radius 1 is 1.15 bits per heavy atom. The zero-order chi connectivity index (χ0) is 18.8. The number of aliphatic hydroxyl groups excluding tert-OH is 1. The Kier molecular flexibility index (Phi) is 5.70. The molecule has 0 radical (unpaired) electrons. The maximum absolute atomic E-state index is 13.4. The summed E-state index contributed by atoms with van der Waals surface area (Å²) in [7, 11) is 0. The molecule has 1 aromatic carbocycles.